The predicted molar refractivity (Wildman–Crippen MR) is 60.1 cm³/mol. The molecule has 0 amide bonds. The first kappa shape index (κ1) is 11.2. The fourth-order valence-corrected chi connectivity index (χ4v) is 2.50. The smallest absolute Gasteiger partial charge is 0.0582 e. The van der Waals surface area contributed by atoms with Gasteiger partial charge in [0.2, 0.25) is 0 Å². The number of aliphatic hydroxyl groups excluding tert-OH is 1. The third-order valence-corrected chi connectivity index (χ3v) is 3.94. The van der Waals surface area contributed by atoms with Gasteiger partial charge in [-0.25, -0.2) is 0 Å². The maximum Gasteiger partial charge on any atom is 0.0582 e. The second-order valence-electron chi connectivity index (χ2n) is 3.08. The molecular weight excluding hydrogens is 250 g/mol. The van der Waals surface area contributed by atoms with Crippen molar-refractivity contribution in [2.24, 2.45) is 0 Å². The standard InChI is InChI=1S/C9H14BrNOS/c1-6(5-12)11-4-8-3-9(10)7(2)13-8/h3,6,11-12H,4-5H2,1-2H3. The molecule has 0 aliphatic carbocycles. The zero-order chi connectivity index (χ0) is 9.84. The number of aliphatic hydroxyl groups is 1. The number of hydrogen-bond donors (Lipinski definition) is 2. The van der Waals surface area contributed by atoms with E-state index in [4.69, 9.17) is 5.11 Å². The van der Waals surface area contributed by atoms with Gasteiger partial charge < -0.3 is 10.4 Å². The quantitative estimate of drug-likeness (QED) is 0.874. The Balaban J connectivity index is 2.45. The Hall–Kier alpha value is 0.100. The average molecular weight is 264 g/mol. The Morgan fingerprint density at radius 2 is 2.38 bits per heavy atom. The van der Waals surface area contributed by atoms with E-state index in [1.54, 1.807) is 11.3 Å². The number of rotatable bonds is 4. The van der Waals surface area contributed by atoms with Gasteiger partial charge in [0.05, 0.1) is 6.61 Å². The topological polar surface area (TPSA) is 32.3 Å². The highest BCUT2D eigenvalue weighted by Crippen LogP contribution is 2.26. The molecule has 0 saturated carbocycles. The number of thiophene rings is 1. The van der Waals surface area contributed by atoms with Crippen LogP contribution in [0.4, 0.5) is 0 Å². The molecule has 2 N–H and O–H groups in total. The molecule has 0 spiro atoms. The summed E-state index contributed by atoms with van der Waals surface area (Å²) in [5.41, 5.74) is 0. The maximum atomic E-state index is 8.80. The molecule has 1 rings (SSSR count). The van der Waals surface area contributed by atoms with Crippen molar-refractivity contribution in [1.82, 2.24) is 5.32 Å². The van der Waals surface area contributed by atoms with Crippen molar-refractivity contribution in [3.05, 3.63) is 20.3 Å². The lowest BCUT2D eigenvalue weighted by Gasteiger charge is -2.08. The molecule has 1 aromatic rings. The third kappa shape index (κ3) is 3.38. The first-order chi connectivity index (χ1) is 6.13. The van der Waals surface area contributed by atoms with Crippen LogP contribution in [0.1, 0.15) is 16.7 Å². The molecule has 1 aromatic heterocycles. The van der Waals surface area contributed by atoms with Crippen LogP contribution < -0.4 is 5.32 Å². The van der Waals surface area contributed by atoms with Crippen LogP contribution in [0.5, 0.6) is 0 Å². The summed E-state index contributed by atoms with van der Waals surface area (Å²) in [6.07, 6.45) is 0. The van der Waals surface area contributed by atoms with E-state index in [9.17, 15) is 0 Å². The summed E-state index contributed by atoms with van der Waals surface area (Å²) in [5.74, 6) is 0. The molecular formula is C9H14BrNOS. The lowest BCUT2D eigenvalue weighted by Crippen LogP contribution is -2.28. The van der Waals surface area contributed by atoms with Crippen LogP contribution in [0.25, 0.3) is 0 Å². The van der Waals surface area contributed by atoms with Crippen molar-refractivity contribution < 1.29 is 5.11 Å². The largest absolute Gasteiger partial charge is 0.395 e. The van der Waals surface area contributed by atoms with Gasteiger partial charge in [0.1, 0.15) is 0 Å². The molecule has 1 unspecified atom stereocenters. The van der Waals surface area contributed by atoms with E-state index in [1.165, 1.54) is 14.2 Å². The first-order valence-electron chi connectivity index (χ1n) is 4.22. The average Bonchev–Trinajstić information content (AvgIpc) is 2.42. The number of hydrogen-bond acceptors (Lipinski definition) is 3. The van der Waals surface area contributed by atoms with Crippen LogP contribution in [-0.4, -0.2) is 17.8 Å². The van der Waals surface area contributed by atoms with Gasteiger partial charge in [-0.2, -0.15) is 0 Å². The fraction of sp³-hybridized carbons (Fsp3) is 0.556. The molecule has 0 radical (unpaired) electrons. The minimum atomic E-state index is 0.168. The van der Waals surface area contributed by atoms with Gasteiger partial charge in [0.25, 0.3) is 0 Å². The van der Waals surface area contributed by atoms with E-state index in [2.05, 4.69) is 34.2 Å². The molecule has 13 heavy (non-hydrogen) atoms. The molecule has 0 fully saturated rings. The Kier molecular flexibility index (Phi) is 4.38. The molecule has 0 bridgehead atoms. The molecule has 74 valence electrons. The van der Waals surface area contributed by atoms with Crippen LogP contribution in [0, 0.1) is 6.92 Å². The Bertz CT molecular complexity index is 255. The number of aryl methyl sites for hydroxylation is 1. The monoisotopic (exact) mass is 263 g/mol. The summed E-state index contributed by atoms with van der Waals surface area (Å²) in [6, 6.07) is 2.29. The summed E-state index contributed by atoms with van der Waals surface area (Å²) < 4.78 is 1.17. The summed E-state index contributed by atoms with van der Waals surface area (Å²) in [6.45, 7) is 5.08. The van der Waals surface area contributed by atoms with Crippen LogP contribution >= 0.6 is 27.3 Å². The molecule has 1 atom stereocenters. The minimum absolute atomic E-state index is 0.168. The van der Waals surface area contributed by atoms with Crippen LogP contribution in [0.2, 0.25) is 0 Å². The lowest BCUT2D eigenvalue weighted by atomic mass is 10.3. The summed E-state index contributed by atoms with van der Waals surface area (Å²) in [7, 11) is 0. The third-order valence-electron chi connectivity index (χ3n) is 1.81. The van der Waals surface area contributed by atoms with E-state index < -0.39 is 0 Å². The van der Waals surface area contributed by atoms with Gasteiger partial charge in [-0.05, 0) is 35.8 Å². The zero-order valence-corrected chi connectivity index (χ0v) is 10.2. The number of nitrogens with one attached hydrogen (secondary N) is 1. The molecule has 0 aromatic carbocycles. The van der Waals surface area contributed by atoms with Crippen molar-refractivity contribution in [3.63, 3.8) is 0 Å². The highest BCUT2D eigenvalue weighted by molar-refractivity contribution is 9.10. The summed E-state index contributed by atoms with van der Waals surface area (Å²) in [4.78, 5) is 2.60. The van der Waals surface area contributed by atoms with Crippen LogP contribution in [-0.2, 0) is 6.54 Å². The molecule has 2 nitrogen and oxygen atoms in total. The molecule has 1 heterocycles. The Morgan fingerprint density at radius 1 is 1.69 bits per heavy atom. The van der Waals surface area contributed by atoms with E-state index in [0.29, 0.717) is 0 Å². The summed E-state index contributed by atoms with van der Waals surface area (Å²) >= 11 is 5.25. The van der Waals surface area contributed by atoms with Crippen molar-refractivity contribution in [3.8, 4) is 0 Å². The SMILES string of the molecule is Cc1sc(CNC(C)CO)cc1Br. The summed E-state index contributed by atoms with van der Waals surface area (Å²) in [5, 5.41) is 12.0. The molecule has 0 aliphatic heterocycles. The highest BCUT2D eigenvalue weighted by Gasteiger charge is 2.04. The van der Waals surface area contributed by atoms with Crippen molar-refractivity contribution in [2.45, 2.75) is 26.4 Å². The molecule has 4 heteroatoms. The molecule has 0 saturated heterocycles. The van der Waals surface area contributed by atoms with Crippen molar-refractivity contribution in [1.29, 1.82) is 0 Å². The highest BCUT2D eigenvalue weighted by atomic mass is 79.9. The van der Waals surface area contributed by atoms with E-state index in [0.717, 1.165) is 6.54 Å². The van der Waals surface area contributed by atoms with Crippen molar-refractivity contribution in [2.75, 3.05) is 6.61 Å². The van der Waals surface area contributed by atoms with Gasteiger partial charge in [0, 0.05) is 26.8 Å². The number of halogens is 1. The normalized spacial score (nSPS) is 13.2. The Labute approximate surface area is 91.1 Å². The van der Waals surface area contributed by atoms with Crippen LogP contribution in [0.3, 0.4) is 0 Å². The van der Waals surface area contributed by atoms with Crippen LogP contribution in [0.15, 0.2) is 10.5 Å². The Morgan fingerprint density at radius 3 is 2.85 bits per heavy atom. The van der Waals surface area contributed by atoms with Gasteiger partial charge >= 0.3 is 0 Å². The minimum Gasteiger partial charge on any atom is -0.395 e. The van der Waals surface area contributed by atoms with Crippen molar-refractivity contribution >= 4 is 27.3 Å². The lowest BCUT2D eigenvalue weighted by molar-refractivity contribution is 0.251. The first-order valence-corrected chi connectivity index (χ1v) is 5.83. The van der Waals surface area contributed by atoms with E-state index >= 15 is 0 Å². The van der Waals surface area contributed by atoms with Gasteiger partial charge in [-0.3, -0.25) is 0 Å². The van der Waals surface area contributed by atoms with E-state index in [1.807, 2.05) is 6.92 Å². The van der Waals surface area contributed by atoms with Gasteiger partial charge in [-0.1, -0.05) is 0 Å². The maximum absolute atomic E-state index is 8.80. The second-order valence-corrected chi connectivity index (χ2v) is 5.28. The zero-order valence-electron chi connectivity index (χ0n) is 7.80. The molecule has 0 aliphatic rings. The second kappa shape index (κ2) is 5.10. The van der Waals surface area contributed by atoms with Gasteiger partial charge in [-0.15, -0.1) is 11.3 Å². The van der Waals surface area contributed by atoms with E-state index in [-0.39, 0.29) is 12.6 Å². The fourth-order valence-electron chi connectivity index (χ4n) is 0.944. The van der Waals surface area contributed by atoms with Gasteiger partial charge in [0.15, 0.2) is 0 Å². The predicted octanol–water partition coefficient (Wildman–Crippen LogP) is 2.29.